The fraction of sp³-hybridized carbons (Fsp3) is 0.158. The first-order valence-corrected chi connectivity index (χ1v) is 8.68. The summed E-state index contributed by atoms with van der Waals surface area (Å²) in [5, 5.41) is 3.22. The molecule has 1 aromatic heterocycles. The summed E-state index contributed by atoms with van der Waals surface area (Å²) in [7, 11) is 1.50. The van der Waals surface area contributed by atoms with Crippen LogP contribution in [0.3, 0.4) is 0 Å². The summed E-state index contributed by atoms with van der Waals surface area (Å²) < 4.78 is 20.0. The van der Waals surface area contributed by atoms with Gasteiger partial charge in [0.2, 0.25) is 5.91 Å². The van der Waals surface area contributed by atoms with Gasteiger partial charge in [0, 0.05) is 34.9 Å². The fourth-order valence-electron chi connectivity index (χ4n) is 2.73. The average molecular weight is 372 g/mol. The predicted molar refractivity (Wildman–Crippen MR) is 98.6 cm³/mol. The lowest BCUT2D eigenvalue weighted by Gasteiger charge is -2.07. The van der Waals surface area contributed by atoms with E-state index in [2.05, 4.69) is 5.32 Å². The van der Waals surface area contributed by atoms with E-state index in [0.717, 1.165) is 5.56 Å². The number of rotatable bonds is 6. The number of fused-ring (bicyclic) bond motifs is 1. The van der Waals surface area contributed by atoms with Gasteiger partial charge in [-0.05, 0) is 29.8 Å². The second kappa shape index (κ2) is 7.63. The van der Waals surface area contributed by atoms with Crippen molar-refractivity contribution in [2.24, 2.45) is 5.73 Å². The van der Waals surface area contributed by atoms with Crippen molar-refractivity contribution in [2.75, 3.05) is 7.11 Å². The Morgan fingerprint density at radius 2 is 2.00 bits per heavy atom. The van der Waals surface area contributed by atoms with Crippen LogP contribution < -0.4 is 11.1 Å². The Morgan fingerprint density at radius 1 is 1.23 bits per heavy atom. The second-order valence-corrected chi connectivity index (χ2v) is 6.76. The molecule has 2 amide bonds. The van der Waals surface area contributed by atoms with Gasteiger partial charge in [0.25, 0.3) is 5.91 Å². The molecule has 0 radical (unpaired) electrons. The molecule has 0 aliphatic heterocycles. The van der Waals surface area contributed by atoms with Crippen molar-refractivity contribution in [1.29, 1.82) is 0 Å². The van der Waals surface area contributed by atoms with E-state index in [-0.39, 0.29) is 24.9 Å². The molecular weight excluding hydrogens is 355 g/mol. The lowest BCUT2D eigenvalue weighted by molar-refractivity contribution is 0.0950. The largest absolute Gasteiger partial charge is 0.380 e. The molecule has 0 aliphatic carbocycles. The Balaban J connectivity index is 1.86. The highest BCUT2D eigenvalue weighted by molar-refractivity contribution is 7.21. The number of halogens is 1. The van der Waals surface area contributed by atoms with Crippen molar-refractivity contribution in [3.63, 3.8) is 0 Å². The average Bonchev–Trinajstić information content (AvgIpc) is 3.00. The summed E-state index contributed by atoms with van der Waals surface area (Å²) in [6.45, 7) is 0.365. The minimum Gasteiger partial charge on any atom is -0.380 e. The van der Waals surface area contributed by atoms with Gasteiger partial charge in [-0.2, -0.15) is 0 Å². The number of methoxy groups -OCH3 is 1. The molecule has 0 atom stereocenters. The minimum atomic E-state index is -0.527. The SMILES string of the molecule is COCc1c(C(=O)NCc2cccc(C(N)=O)c2)sc2cccc(F)c12. The van der Waals surface area contributed by atoms with Gasteiger partial charge >= 0.3 is 0 Å². The fourth-order valence-corrected chi connectivity index (χ4v) is 3.87. The van der Waals surface area contributed by atoms with E-state index < -0.39 is 5.91 Å². The number of amides is 2. The van der Waals surface area contributed by atoms with Gasteiger partial charge in [-0.15, -0.1) is 11.3 Å². The van der Waals surface area contributed by atoms with Gasteiger partial charge in [-0.3, -0.25) is 9.59 Å². The van der Waals surface area contributed by atoms with Gasteiger partial charge in [0.05, 0.1) is 11.5 Å². The zero-order valence-electron chi connectivity index (χ0n) is 14.0. The molecule has 5 nitrogen and oxygen atoms in total. The molecule has 0 fully saturated rings. The summed E-state index contributed by atoms with van der Waals surface area (Å²) in [5.41, 5.74) is 6.92. The maximum absolute atomic E-state index is 14.2. The van der Waals surface area contributed by atoms with Crippen LogP contribution in [-0.2, 0) is 17.9 Å². The number of ether oxygens (including phenoxy) is 1. The molecule has 7 heteroatoms. The summed E-state index contributed by atoms with van der Waals surface area (Å²) in [6, 6.07) is 11.5. The van der Waals surface area contributed by atoms with E-state index in [0.29, 0.717) is 26.1 Å². The van der Waals surface area contributed by atoms with Crippen LogP contribution >= 0.6 is 11.3 Å². The third kappa shape index (κ3) is 3.58. The minimum absolute atomic E-state index is 0.140. The number of benzene rings is 2. The number of hydrogen-bond acceptors (Lipinski definition) is 4. The van der Waals surface area contributed by atoms with Crippen LogP contribution in [0.25, 0.3) is 10.1 Å². The smallest absolute Gasteiger partial charge is 0.262 e. The van der Waals surface area contributed by atoms with E-state index in [1.165, 1.54) is 24.5 Å². The highest BCUT2D eigenvalue weighted by Crippen LogP contribution is 2.33. The van der Waals surface area contributed by atoms with E-state index in [9.17, 15) is 14.0 Å². The zero-order chi connectivity index (χ0) is 18.7. The molecule has 3 aromatic rings. The Kier molecular flexibility index (Phi) is 5.29. The monoisotopic (exact) mass is 372 g/mol. The Hall–Kier alpha value is -2.77. The molecule has 0 saturated carbocycles. The molecule has 3 N–H and O–H groups in total. The van der Waals surface area contributed by atoms with Gasteiger partial charge in [-0.25, -0.2) is 4.39 Å². The first kappa shape index (κ1) is 18.0. The van der Waals surface area contributed by atoms with Crippen LogP contribution in [0.15, 0.2) is 42.5 Å². The van der Waals surface area contributed by atoms with Gasteiger partial charge in [0.1, 0.15) is 5.82 Å². The van der Waals surface area contributed by atoms with Gasteiger partial charge in [0.15, 0.2) is 0 Å². The molecule has 0 saturated heterocycles. The maximum atomic E-state index is 14.2. The van der Waals surface area contributed by atoms with Crippen molar-refractivity contribution in [3.05, 3.63) is 69.8 Å². The molecule has 134 valence electrons. The van der Waals surface area contributed by atoms with Crippen LogP contribution in [0, 0.1) is 5.82 Å². The number of nitrogens with two attached hydrogens (primary N) is 1. The molecule has 3 rings (SSSR count). The third-order valence-corrected chi connectivity index (χ3v) is 5.12. The normalized spacial score (nSPS) is 10.8. The molecular formula is C19H17FN2O3S. The standard InChI is InChI=1S/C19H17FN2O3S/c1-25-10-13-16-14(20)6-3-7-15(16)26-17(13)19(24)22-9-11-4-2-5-12(8-11)18(21)23/h2-8H,9-10H2,1H3,(H2,21,23)(H,22,24). The number of carbonyl (C=O) groups excluding carboxylic acids is 2. The maximum Gasteiger partial charge on any atom is 0.262 e. The predicted octanol–water partition coefficient (Wildman–Crippen LogP) is 3.22. The first-order chi connectivity index (χ1) is 12.5. The van der Waals surface area contributed by atoms with E-state index in [1.54, 1.807) is 36.4 Å². The third-order valence-electron chi connectivity index (χ3n) is 3.92. The lowest BCUT2D eigenvalue weighted by atomic mass is 10.1. The highest BCUT2D eigenvalue weighted by Gasteiger charge is 2.20. The van der Waals surface area contributed by atoms with Crippen molar-refractivity contribution in [2.45, 2.75) is 13.2 Å². The molecule has 1 heterocycles. The highest BCUT2D eigenvalue weighted by atomic mass is 32.1. The summed E-state index contributed by atoms with van der Waals surface area (Å²) in [5.74, 6) is -1.22. The second-order valence-electron chi connectivity index (χ2n) is 5.70. The molecule has 0 bridgehead atoms. The van der Waals surface area contributed by atoms with Crippen molar-refractivity contribution in [1.82, 2.24) is 5.32 Å². The van der Waals surface area contributed by atoms with E-state index in [1.807, 2.05) is 0 Å². The van der Waals surface area contributed by atoms with Crippen molar-refractivity contribution in [3.8, 4) is 0 Å². The molecule has 0 aliphatic rings. The summed E-state index contributed by atoms with van der Waals surface area (Å²) in [6.07, 6.45) is 0. The number of nitrogens with one attached hydrogen (secondary N) is 1. The van der Waals surface area contributed by atoms with E-state index >= 15 is 0 Å². The van der Waals surface area contributed by atoms with Gasteiger partial charge < -0.3 is 15.8 Å². The lowest BCUT2D eigenvalue weighted by Crippen LogP contribution is -2.23. The zero-order valence-corrected chi connectivity index (χ0v) is 14.9. The van der Waals surface area contributed by atoms with Crippen molar-refractivity contribution >= 4 is 33.2 Å². The first-order valence-electron chi connectivity index (χ1n) is 7.87. The van der Waals surface area contributed by atoms with Crippen LogP contribution in [0.4, 0.5) is 4.39 Å². The number of thiophene rings is 1. The molecule has 0 unspecified atom stereocenters. The number of carbonyl (C=O) groups is 2. The van der Waals surface area contributed by atoms with Crippen LogP contribution in [-0.4, -0.2) is 18.9 Å². The van der Waals surface area contributed by atoms with Crippen molar-refractivity contribution < 1.29 is 18.7 Å². The molecule has 26 heavy (non-hydrogen) atoms. The Morgan fingerprint density at radius 3 is 2.73 bits per heavy atom. The van der Waals surface area contributed by atoms with Crippen LogP contribution in [0.2, 0.25) is 0 Å². The quantitative estimate of drug-likeness (QED) is 0.697. The number of primary amides is 1. The summed E-state index contributed by atoms with van der Waals surface area (Å²) >= 11 is 1.22. The van der Waals surface area contributed by atoms with Crippen LogP contribution in [0.1, 0.15) is 31.2 Å². The Labute approximate surface area is 153 Å². The number of hydrogen-bond donors (Lipinski definition) is 2. The van der Waals surface area contributed by atoms with E-state index in [4.69, 9.17) is 10.5 Å². The van der Waals surface area contributed by atoms with Gasteiger partial charge in [-0.1, -0.05) is 18.2 Å². The molecule has 0 spiro atoms. The topological polar surface area (TPSA) is 81.4 Å². The van der Waals surface area contributed by atoms with Crippen LogP contribution in [0.5, 0.6) is 0 Å². The molecule has 2 aromatic carbocycles. The summed E-state index contributed by atoms with van der Waals surface area (Å²) in [4.78, 5) is 24.3. The Bertz CT molecular complexity index is 984.